The molecule has 4 nitrogen and oxygen atoms in total. The summed E-state index contributed by atoms with van der Waals surface area (Å²) in [7, 11) is 0. The van der Waals surface area contributed by atoms with Crippen LogP contribution in [0.25, 0.3) is 0 Å². The van der Waals surface area contributed by atoms with Crippen molar-refractivity contribution in [2.45, 2.75) is 32.7 Å². The fourth-order valence-electron chi connectivity index (χ4n) is 2.24. The standard InChI is InChI=1S/C16H23N3O/c1-3-20-15-8-5-4-7-14(15)13(2)17-10-6-9-16-18-11-12-19-16/h4-5,7-8,11-13,17H,3,6,9-10H2,1-2H3,(H,18,19). The molecule has 1 unspecified atom stereocenters. The second-order valence-corrected chi connectivity index (χ2v) is 4.79. The van der Waals surface area contributed by atoms with Crippen LogP contribution < -0.4 is 10.1 Å². The fourth-order valence-corrected chi connectivity index (χ4v) is 2.24. The quantitative estimate of drug-likeness (QED) is 0.727. The van der Waals surface area contributed by atoms with Crippen LogP contribution in [0.5, 0.6) is 5.75 Å². The number of nitrogens with one attached hydrogen (secondary N) is 2. The molecule has 0 bridgehead atoms. The summed E-state index contributed by atoms with van der Waals surface area (Å²) in [6.45, 7) is 5.84. The summed E-state index contributed by atoms with van der Waals surface area (Å²) < 4.78 is 5.67. The maximum Gasteiger partial charge on any atom is 0.124 e. The Labute approximate surface area is 120 Å². The Hall–Kier alpha value is -1.81. The van der Waals surface area contributed by atoms with E-state index in [1.54, 1.807) is 6.20 Å². The number of hydrogen-bond acceptors (Lipinski definition) is 3. The van der Waals surface area contributed by atoms with E-state index in [1.807, 2.05) is 25.3 Å². The molecule has 1 aromatic carbocycles. The second-order valence-electron chi connectivity index (χ2n) is 4.79. The summed E-state index contributed by atoms with van der Waals surface area (Å²) >= 11 is 0. The summed E-state index contributed by atoms with van der Waals surface area (Å²) in [4.78, 5) is 7.35. The van der Waals surface area contributed by atoms with E-state index in [-0.39, 0.29) is 6.04 Å². The third-order valence-electron chi connectivity index (χ3n) is 3.28. The molecule has 1 atom stereocenters. The van der Waals surface area contributed by atoms with E-state index in [2.05, 4.69) is 34.3 Å². The predicted molar refractivity (Wildman–Crippen MR) is 80.9 cm³/mol. The number of ether oxygens (including phenoxy) is 1. The first kappa shape index (κ1) is 14.6. The number of aromatic nitrogens is 2. The van der Waals surface area contributed by atoms with Gasteiger partial charge in [-0.2, -0.15) is 0 Å². The molecule has 1 aromatic heterocycles. The van der Waals surface area contributed by atoms with Crippen molar-refractivity contribution < 1.29 is 4.74 Å². The molecular formula is C16H23N3O. The molecule has 0 aliphatic rings. The van der Waals surface area contributed by atoms with Crippen LogP contribution in [0.2, 0.25) is 0 Å². The van der Waals surface area contributed by atoms with Crippen LogP contribution in [-0.4, -0.2) is 23.1 Å². The van der Waals surface area contributed by atoms with Crippen LogP contribution in [0.1, 0.15) is 37.7 Å². The molecule has 0 aliphatic carbocycles. The number of para-hydroxylation sites is 1. The van der Waals surface area contributed by atoms with Gasteiger partial charge in [-0.25, -0.2) is 4.98 Å². The lowest BCUT2D eigenvalue weighted by atomic mass is 10.1. The Balaban J connectivity index is 1.80. The van der Waals surface area contributed by atoms with Gasteiger partial charge in [0, 0.05) is 30.4 Å². The lowest BCUT2D eigenvalue weighted by Gasteiger charge is -2.17. The van der Waals surface area contributed by atoms with Crippen molar-refractivity contribution >= 4 is 0 Å². The van der Waals surface area contributed by atoms with Gasteiger partial charge in [-0.15, -0.1) is 0 Å². The van der Waals surface area contributed by atoms with E-state index in [9.17, 15) is 0 Å². The predicted octanol–water partition coefficient (Wildman–Crippen LogP) is 3.09. The van der Waals surface area contributed by atoms with Gasteiger partial charge >= 0.3 is 0 Å². The smallest absolute Gasteiger partial charge is 0.124 e. The van der Waals surface area contributed by atoms with Crippen molar-refractivity contribution in [1.82, 2.24) is 15.3 Å². The molecule has 2 aromatic rings. The van der Waals surface area contributed by atoms with Gasteiger partial charge in [0.05, 0.1) is 6.61 Å². The molecule has 0 amide bonds. The summed E-state index contributed by atoms with van der Waals surface area (Å²) in [6.07, 6.45) is 5.70. The highest BCUT2D eigenvalue weighted by atomic mass is 16.5. The first-order valence-corrected chi connectivity index (χ1v) is 7.24. The molecule has 20 heavy (non-hydrogen) atoms. The first-order chi connectivity index (χ1) is 9.81. The van der Waals surface area contributed by atoms with Crippen LogP contribution in [-0.2, 0) is 6.42 Å². The molecule has 0 radical (unpaired) electrons. The highest BCUT2D eigenvalue weighted by molar-refractivity contribution is 5.35. The van der Waals surface area contributed by atoms with E-state index in [1.165, 1.54) is 5.56 Å². The Bertz CT molecular complexity index is 496. The van der Waals surface area contributed by atoms with Crippen molar-refractivity contribution in [2.75, 3.05) is 13.2 Å². The van der Waals surface area contributed by atoms with Crippen molar-refractivity contribution in [2.24, 2.45) is 0 Å². The number of nitrogens with zero attached hydrogens (tertiary/aromatic N) is 1. The highest BCUT2D eigenvalue weighted by Crippen LogP contribution is 2.24. The van der Waals surface area contributed by atoms with Gasteiger partial charge < -0.3 is 15.0 Å². The monoisotopic (exact) mass is 273 g/mol. The number of H-pyrrole nitrogens is 1. The molecule has 0 spiro atoms. The van der Waals surface area contributed by atoms with Gasteiger partial charge in [0.15, 0.2) is 0 Å². The van der Waals surface area contributed by atoms with Crippen molar-refractivity contribution in [3.8, 4) is 5.75 Å². The first-order valence-electron chi connectivity index (χ1n) is 7.24. The van der Waals surface area contributed by atoms with Gasteiger partial charge in [0.25, 0.3) is 0 Å². The van der Waals surface area contributed by atoms with Crippen LogP contribution in [0.3, 0.4) is 0 Å². The van der Waals surface area contributed by atoms with Crippen molar-refractivity contribution in [1.29, 1.82) is 0 Å². The normalized spacial score (nSPS) is 12.3. The van der Waals surface area contributed by atoms with Crippen LogP contribution >= 0.6 is 0 Å². The summed E-state index contributed by atoms with van der Waals surface area (Å²) in [6, 6.07) is 8.50. The van der Waals surface area contributed by atoms with Crippen LogP contribution in [0, 0.1) is 0 Å². The Morgan fingerprint density at radius 2 is 2.20 bits per heavy atom. The number of imidazole rings is 1. The fraction of sp³-hybridized carbons (Fsp3) is 0.438. The third kappa shape index (κ3) is 4.10. The molecule has 1 heterocycles. The highest BCUT2D eigenvalue weighted by Gasteiger charge is 2.10. The molecule has 0 saturated carbocycles. The zero-order valence-corrected chi connectivity index (χ0v) is 12.2. The van der Waals surface area contributed by atoms with Gasteiger partial charge in [0.2, 0.25) is 0 Å². The van der Waals surface area contributed by atoms with E-state index in [0.717, 1.165) is 31.0 Å². The number of aryl methyl sites for hydroxylation is 1. The maximum atomic E-state index is 5.67. The Morgan fingerprint density at radius 1 is 1.35 bits per heavy atom. The van der Waals surface area contributed by atoms with Gasteiger partial charge in [-0.1, -0.05) is 18.2 Å². The van der Waals surface area contributed by atoms with Crippen molar-refractivity contribution in [3.05, 3.63) is 48.0 Å². The number of hydrogen-bond donors (Lipinski definition) is 2. The van der Waals surface area contributed by atoms with Gasteiger partial charge in [0.1, 0.15) is 11.6 Å². The summed E-state index contributed by atoms with van der Waals surface area (Å²) in [5.41, 5.74) is 1.22. The molecule has 2 rings (SSSR count). The zero-order chi connectivity index (χ0) is 14.2. The second kappa shape index (κ2) is 7.70. The number of aromatic amines is 1. The Kier molecular flexibility index (Phi) is 5.62. The average molecular weight is 273 g/mol. The zero-order valence-electron chi connectivity index (χ0n) is 12.2. The van der Waals surface area contributed by atoms with E-state index in [4.69, 9.17) is 4.74 Å². The van der Waals surface area contributed by atoms with Gasteiger partial charge in [-0.05, 0) is 32.9 Å². The topological polar surface area (TPSA) is 49.9 Å². The molecule has 0 aliphatic heterocycles. The van der Waals surface area contributed by atoms with Gasteiger partial charge in [-0.3, -0.25) is 0 Å². The summed E-state index contributed by atoms with van der Waals surface area (Å²) in [5.74, 6) is 2.02. The third-order valence-corrected chi connectivity index (χ3v) is 3.28. The van der Waals surface area contributed by atoms with E-state index in [0.29, 0.717) is 6.61 Å². The minimum atomic E-state index is 0.286. The van der Waals surface area contributed by atoms with E-state index >= 15 is 0 Å². The molecule has 108 valence electrons. The largest absolute Gasteiger partial charge is 0.494 e. The van der Waals surface area contributed by atoms with Crippen molar-refractivity contribution in [3.63, 3.8) is 0 Å². The molecule has 4 heteroatoms. The van der Waals surface area contributed by atoms with E-state index < -0.39 is 0 Å². The number of rotatable bonds is 8. The maximum absolute atomic E-state index is 5.67. The van der Waals surface area contributed by atoms with Crippen LogP contribution in [0.4, 0.5) is 0 Å². The minimum Gasteiger partial charge on any atom is -0.494 e. The molecule has 0 saturated heterocycles. The van der Waals surface area contributed by atoms with Crippen LogP contribution in [0.15, 0.2) is 36.7 Å². The number of benzene rings is 1. The molecule has 2 N–H and O–H groups in total. The molecular weight excluding hydrogens is 250 g/mol. The SMILES string of the molecule is CCOc1ccccc1C(C)NCCCc1ncc[nH]1. The minimum absolute atomic E-state index is 0.286. The average Bonchev–Trinajstić information content (AvgIpc) is 2.97. The lowest BCUT2D eigenvalue weighted by Crippen LogP contribution is -2.21. The summed E-state index contributed by atoms with van der Waals surface area (Å²) in [5, 5.41) is 3.54. The lowest BCUT2D eigenvalue weighted by molar-refractivity contribution is 0.332. The Morgan fingerprint density at radius 3 is 2.95 bits per heavy atom. The molecule has 0 fully saturated rings.